The van der Waals surface area contributed by atoms with Crippen LogP contribution in [-0.4, -0.2) is 54.9 Å². The van der Waals surface area contributed by atoms with Crippen molar-refractivity contribution < 1.29 is 19.1 Å². The Bertz CT molecular complexity index is 1190. The molecule has 0 saturated carbocycles. The van der Waals surface area contributed by atoms with Crippen LogP contribution >= 0.6 is 11.3 Å². The van der Waals surface area contributed by atoms with E-state index in [4.69, 9.17) is 4.74 Å². The number of esters is 1. The van der Waals surface area contributed by atoms with Crippen molar-refractivity contribution >= 4 is 29.1 Å². The minimum Gasteiger partial charge on any atom is -0.426 e. The lowest BCUT2D eigenvalue weighted by Crippen LogP contribution is -2.41. The first kappa shape index (κ1) is 39.7. The monoisotopic (exact) mass is 681 g/mol. The molecule has 0 spiro atoms. The lowest BCUT2D eigenvalue weighted by atomic mass is 9.86. The quantitative estimate of drug-likeness (QED) is 0.0590. The first-order valence-electron chi connectivity index (χ1n) is 19.1. The molecular formula is C40H63N3O4S. The van der Waals surface area contributed by atoms with Gasteiger partial charge in [0, 0.05) is 43.4 Å². The molecule has 1 heterocycles. The molecule has 1 atom stereocenters. The Hall–Kier alpha value is -2.71. The Morgan fingerprint density at radius 1 is 0.771 bits per heavy atom. The largest absolute Gasteiger partial charge is 0.426 e. The summed E-state index contributed by atoms with van der Waals surface area (Å²) in [5, 5.41) is 8.04. The van der Waals surface area contributed by atoms with Gasteiger partial charge >= 0.3 is 5.97 Å². The van der Waals surface area contributed by atoms with Gasteiger partial charge in [0.15, 0.2) is 0 Å². The van der Waals surface area contributed by atoms with Gasteiger partial charge in [0.25, 0.3) is 0 Å². The van der Waals surface area contributed by atoms with E-state index in [0.29, 0.717) is 31.2 Å². The van der Waals surface area contributed by atoms with Gasteiger partial charge < -0.3 is 15.4 Å². The van der Waals surface area contributed by atoms with Gasteiger partial charge in [-0.15, -0.1) is 11.3 Å². The second-order valence-electron chi connectivity index (χ2n) is 13.5. The number of ether oxygens (including phenoxy) is 1. The Labute approximate surface area is 295 Å². The fourth-order valence-corrected chi connectivity index (χ4v) is 7.38. The number of benzene rings is 1. The lowest BCUT2D eigenvalue weighted by Gasteiger charge is -2.35. The molecule has 0 unspecified atom stereocenters. The number of rotatable bonds is 26. The van der Waals surface area contributed by atoms with Crippen molar-refractivity contribution in [1.29, 1.82) is 0 Å². The van der Waals surface area contributed by atoms with Crippen LogP contribution in [-0.2, 0) is 33.6 Å². The number of carbonyl (C=O) groups is 3. The minimum absolute atomic E-state index is 0.0145. The van der Waals surface area contributed by atoms with Crippen LogP contribution in [0, 0.1) is 0 Å². The number of carbonyl (C=O) groups excluding carboxylic acids is 3. The predicted octanol–water partition coefficient (Wildman–Crippen LogP) is 8.57. The third-order valence-electron chi connectivity index (χ3n) is 9.45. The van der Waals surface area contributed by atoms with Crippen LogP contribution in [0.25, 0.3) is 0 Å². The van der Waals surface area contributed by atoms with E-state index in [1.54, 1.807) is 0 Å². The Balaban J connectivity index is 1.21. The first-order valence-corrected chi connectivity index (χ1v) is 20.0. The summed E-state index contributed by atoms with van der Waals surface area (Å²) in [4.78, 5) is 40.8. The molecule has 0 fully saturated rings. The van der Waals surface area contributed by atoms with E-state index >= 15 is 0 Å². The second kappa shape index (κ2) is 24.4. The number of unbranched alkanes of at least 4 members (excludes halogenated alkanes) is 10. The Kier molecular flexibility index (Phi) is 20.2. The summed E-state index contributed by atoms with van der Waals surface area (Å²) in [7, 11) is 0. The Morgan fingerprint density at radius 2 is 1.44 bits per heavy atom. The Morgan fingerprint density at radius 3 is 2.06 bits per heavy atom. The van der Waals surface area contributed by atoms with Gasteiger partial charge in [-0.2, -0.15) is 0 Å². The smallest absolute Gasteiger partial charge is 0.312 e. The van der Waals surface area contributed by atoms with Crippen molar-refractivity contribution in [3.05, 3.63) is 51.7 Å². The third kappa shape index (κ3) is 16.1. The van der Waals surface area contributed by atoms with Crippen molar-refractivity contribution in [1.82, 2.24) is 15.5 Å². The predicted molar refractivity (Wildman–Crippen MR) is 199 cm³/mol. The molecule has 1 aromatic carbocycles. The zero-order valence-electron chi connectivity index (χ0n) is 30.0. The number of hydrogen-bond acceptors (Lipinski definition) is 6. The van der Waals surface area contributed by atoms with Crippen LogP contribution < -0.4 is 15.4 Å². The van der Waals surface area contributed by atoms with Gasteiger partial charge in [0.2, 0.25) is 11.8 Å². The van der Waals surface area contributed by atoms with Crippen LogP contribution in [0.5, 0.6) is 5.75 Å². The molecule has 2 aromatic rings. The van der Waals surface area contributed by atoms with E-state index in [2.05, 4.69) is 53.0 Å². The zero-order valence-corrected chi connectivity index (χ0v) is 30.8. The number of thiophene rings is 1. The molecule has 8 heteroatoms. The maximum Gasteiger partial charge on any atom is 0.312 e. The molecule has 0 saturated heterocycles. The molecule has 7 nitrogen and oxygen atoms in total. The van der Waals surface area contributed by atoms with Crippen LogP contribution in [0.2, 0.25) is 0 Å². The van der Waals surface area contributed by atoms with Crippen LogP contribution in [0.15, 0.2) is 35.7 Å². The molecule has 2 amide bonds. The average molecular weight is 682 g/mol. The second-order valence-corrected chi connectivity index (χ2v) is 14.5. The summed E-state index contributed by atoms with van der Waals surface area (Å²) in [6.45, 7) is 7.70. The minimum atomic E-state index is -0.290. The van der Waals surface area contributed by atoms with Crippen LogP contribution in [0.3, 0.4) is 0 Å². The molecule has 0 aliphatic heterocycles. The summed E-state index contributed by atoms with van der Waals surface area (Å²) in [6, 6.07) is 11.0. The van der Waals surface area contributed by atoms with Gasteiger partial charge in [-0.05, 0) is 86.6 Å². The van der Waals surface area contributed by atoms with Gasteiger partial charge in [0.05, 0.1) is 6.42 Å². The maximum atomic E-state index is 12.7. The third-order valence-corrected chi connectivity index (χ3v) is 10.4. The highest BCUT2D eigenvalue weighted by molar-refractivity contribution is 7.09. The summed E-state index contributed by atoms with van der Waals surface area (Å²) >= 11 is 1.84. The lowest BCUT2D eigenvalue weighted by molar-refractivity contribution is -0.134. The van der Waals surface area contributed by atoms with Crippen molar-refractivity contribution in [2.24, 2.45) is 0 Å². The van der Waals surface area contributed by atoms with E-state index in [0.717, 1.165) is 96.7 Å². The number of fused-ring (bicyclic) bond motifs is 1. The fourth-order valence-electron chi connectivity index (χ4n) is 6.68. The highest BCUT2D eigenvalue weighted by Gasteiger charge is 2.26. The molecule has 1 aliphatic carbocycles. The van der Waals surface area contributed by atoms with Crippen LogP contribution in [0.4, 0.5) is 0 Å². The molecular weight excluding hydrogens is 619 g/mol. The van der Waals surface area contributed by atoms with E-state index in [-0.39, 0.29) is 24.2 Å². The van der Waals surface area contributed by atoms with Gasteiger partial charge in [-0.25, -0.2) is 0 Å². The van der Waals surface area contributed by atoms with Gasteiger partial charge in [-0.3, -0.25) is 19.3 Å². The molecule has 268 valence electrons. The zero-order chi connectivity index (χ0) is 34.2. The first-order chi connectivity index (χ1) is 23.5. The molecule has 0 bridgehead atoms. The van der Waals surface area contributed by atoms with E-state index in [1.807, 2.05) is 23.5 Å². The summed E-state index contributed by atoms with van der Waals surface area (Å²) in [5.74, 6) is 0.609. The number of nitrogens with one attached hydrogen (secondary N) is 2. The maximum absolute atomic E-state index is 12.7. The normalized spacial score (nSPS) is 14.1. The number of amides is 2. The number of hydrogen-bond donors (Lipinski definition) is 2. The molecule has 0 radical (unpaired) electrons. The summed E-state index contributed by atoms with van der Waals surface area (Å²) in [5.41, 5.74) is 2.46. The van der Waals surface area contributed by atoms with Gasteiger partial charge in [0.1, 0.15) is 5.75 Å². The van der Waals surface area contributed by atoms with E-state index < -0.39 is 0 Å². The summed E-state index contributed by atoms with van der Waals surface area (Å²) in [6.07, 6.45) is 20.1. The van der Waals surface area contributed by atoms with Crippen LogP contribution in [0.1, 0.15) is 139 Å². The molecule has 2 N–H and O–H groups in total. The van der Waals surface area contributed by atoms with Crippen molar-refractivity contribution in [2.75, 3.05) is 26.2 Å². The fraction of sp³-hybridized carbons (Fsp3) is 0.675. The number of nitrogens with zero attached hydrogens (tertiary/aromatic N) is 1. The summed E-state index contributed by atoms with van der Waals surface area (Å²) < 4.78 is 5.81. The van der Waals surface area contributed by atoms with E-state index in [1.165, 1.54) is 48.1 Å². The standard InChI is InChI=1S/C40H63N3O4S/c1-3-5-27-41-38(44)21-14-12-10-8-6-7-9-11-13-15-22-39(45)42-28-25-40(46)47-37-20-16-18-33-32-34(23-24-36(33)37)43(29-4-2)30-26-35-19-17-31-48-35/h16-20,31,34H,3-15,21-30,32H2,1-2H3,(H,41,44)(H,42,45)/t34-/m1/s1. The SMILES string of the molecule is CCCCNC(=O)CCCCCCCCCCCCC(=O)NCCC(=O)Oc1cccc2c1CC[C@@H](N(CCC)CCc1cccs1)C2. The van der Waals surface area contributed by atoms with Crippen molar-refractivity contribution in [3.63, 3.8) is 0 Å². The molecule has 3 rings (SSSR count). The molecule has 48 heavy (non-hydrogen) atoms. The van der Waals surface area contributed by atoms with Gasteiger partial charge in [-0.1, -0.05) is 89.8 Å². The topological polar surface area (TPSA) is 87.7 Å². The van der Waals surface area contributed by atoms with E-state index in [9.17, 15) is 14.4 Å². The van der Waals surface area contributed by atoms with Crippen molar-refractivity contribution in [2.45, 2.75) is 148 Å². The van der Waals surface area contributed by atoms with Crippen molar-refractivity contribution in [3.8, 4) is 5.75 Å². The highest BCUT2D eigenvalue weighted by Crippen LogP contribution is 2.32. The highest BCUT2D eigenvalue weighted by atomic mass is 32.1. The average Bonchev–Trinajstić information content (AvgIpc) is 3.61. The molecule has 1 aliphatic rings. The molecule has 1 aromatic heterocycles.